The van der Waals surface area contributed by atoms with E-state index in [0.29, 0.717) is 6.54 Å². The largest absolute Gasteiger partial charge is 0.350 e. The molecule has 0 spiro atoms. The first-order valence-corrected chi connectivity index (χ1v) is 9.18. The van der Waals surface area contributed by atoms with Crippen molar-refractivity contribution in [1.29, 1.82) is 0 Å². The number of aryl methyl sites for hydroxylation is 2. The van der Waals surface area contributed by atoms with Crippen LogP contribution in [0, 0.1) is 0 Å². The molecular weight excluding hydrogens is 320 g/mol. The van der Waals surface area contributed by atoms with Crippen LogP contribution in [0.15, 0.2) is 60.7 Å². The van der Waals surface area contributed by atoms with Crippen molar-refractivity contribution in [3.63, 3.8) is 0 Å². The molecule has 0 saturated carbocycles. The molecule has 0 fully saturated rings. The Morgan fingerprint density at radius 1 is 0.962 bits per heavy atom. The fourth-order valence-electron chi connectivity index (χ4n) is 4.00. The summed E-state index contributed by atoms with van der Waals surface area (Å²) in [5.74, 6) is 0.00313. The van der Waals surface area contributed by atoms with Crippen molar-refractivity contribution in [3.8, 4) is 0 Å². The number of hydrogen-bond donors (Lipinski definition) is 1. The maximum absolute atomic E-state index is 12.9. The van der Waals surface area contributed by atoms with E-state index in [-0.39, 0.29) is 11.9 Å². The van der Waals surface area contributed by atoms with Crippen molar-refractivity contribution in [1.82, 2.24) is 10.2 Å². The summed E-state index contributed by atoms with van der Waals surface area (Å²) in [6.45, 7) is 0.582. The average molecular weight is 344 g/mol. The van der Waals surface area contributed by atoms with Gasteiger partial charge in [-0.25, -0.2) is 0 Å². The van der Waals surface area contributed by atoms with Gasteiger partial charge in [-0.2, -0.15) is 0 Å². The van der Waals surface area contributed by atoms with Gasteiger partial charge in [0.2, 0.25) is 0 Å². The van der Waals surface area contributed by atoms with E-state index in [1.54, 1.807) is 0 Å². The predicted octanol–water partition coefficient (Wildman–Crippen LogP) is 3.97. The van der Waals surface area contributed by atoms with Gasteiger partial charge in [-0.3, -0.25) is 4.79 Å². The van der Waals surface area contributed by atoms with E-state index < -0.39 is 0 Å². The molecule has 1 atom stereocenters. The van der Waals surface area contributed by atoms with Crippen LogP contribution in [-0.4, -0.2) is 31.4 Å². The molecule has 1 aliphatic carbocycles. The lowest BCUT2D eigenvalue weighted by Crippen LogP contribution is -2.34. The Bertz CT molecular complexity index is 937. The Labute approximate surface area is 154 Å². The number of hydrogen-bond acceptors (Lipinski definition) is 2. The number of likely N-dealkylation sites (N-methyl/N-ethyl adjacent to an activating group) is 1. The number of nitrogens with one attached hydrogen (secondary N) is 1. The van der Waals surface area contributed by atoms with Gasteiger partial charge in [-0.15, -0.1) is 0 Å². The smallest absolute Gasteiger partial charge is 0.251 e. The molecule has 0 aliphatic heterocycles. The quantitative estimate of drug-likeness (QED) is 0.759. The van der Waals surface area contributed by atoms with Gasteiger partial charge in [0.05, 0.1) is 6.04 Å². The van der Waals surface area contributed by atoms with Gasteiger partial charge in [-0.1, -0.05) is 54.6 Å². The van der Waals surface area contributed by atoms with Crippen molar-refractivity contribution in [2.24, 2.45) is 0 Å². The highest BCUT2D eigenvalue weighted by atomic mass is 16.1. The third-order valence-corrected chi connectivity index (χ3v) is 5.39. The second-order valence-corrected chi connectivity index (χ2v) is 7.21. The van der Waals surface area contributed by atoms with Crippen molar-refractivity contribution in [2.75, 3.05) is 20.6 Å². The second-order valence-electron chi connectivity index (χ2n) is 7.21. The minimum Gasteiger partial charge on any atom is -0.350 e. The van der Waals surface area contributed by atoms with Crippen LogP contribution in [0.2, 0.25) is 0 Å². The van der Waals surface area contributed by atoms with Crippen LogP contribution in [0.1, 0.15) is 33.1 Å². The maximum Gasteiger partial charge on any atom is 0.251 e. The average Bonchev–Trinajstić information content (AvgIpc) is 3.08. The summed E-state index contributed by atoms with van der Waals surface area (Å²) in [6.07, 6.45) is 2.16. The fraction of sp³-hybridized carbons (Fsp3) is 0.261. The number of benzene rings is 3. The SMILES string of the molecule is CN(C)[C@H](CNC(=O)c1ccc2c3c(cccc13)CC2)c1ccccc1. The Hall–Kier alpha value is -2.65. The van der Waals surface area contributed by atoms with Crippen LogP contribution in [-0.2, 0) is 12.8 Å². The lowest BCUT2D eigenvalue weighted by Gasteiger charge is -2.25. The van der Waals surface area contributed by atoms with E-state index in [1.165, 1.54) is 22.1 Å². The predicted molar refractivity (Wildman–Crippen MR) is 107 cm³/mol. The third-order valence-electron chi connectivity index (χ3n) is 5.39. The number of amides is 1. The summed E-state index contributed by atoms with van der Waals surface area (Å²) in [6, 6.07) is 20.9. The zero-order valence-corrected chi connectivity index (χ0v) is 15.3. The molecule has 1 N–H and O–H groups in total. The fourth-order valence-corrected chi connectivity index (χ4v) is 4.00. The van der Waals surface area contributed by atoms with Gasteiger partial charge in [0.25, 0.3) is 5.91 Å². The lowest BCUT2D eigenvalue weighted by molar-refractivity contribution is 0.0943. The van der Waals surface area contributed by atoms with Gasteiger partial charge in [-0.05, 0) is 60.5 Å². The van der Waals surface area contributed by atoms with Gasteiger partial charge < -0.3 is 10.2 Å². The van der Waals surface area contributed by atoms with E-state index in [9.17, 15) is 4.79 Å². The third kappa shape index (κ3) is 2.99. The molecule has 132 valence electrons. The molecule has 26 heavy (non-hydrogen) atoms. The first-order chi connectivity index (χ1) is 12.6. The monoisotopic (exact) mass is 344 g/mol. The molecule has 0 radical (unpaired) electrons. The highest BCUT2D eigenvalue weighted by Crippen LogP contribution is 2.32. The van der Waals surface area contributed by atoms with Crippen LogP contribution >= 0.6 is 0 Å². The maximum atomic E-state index is 12.9. The number of carbonyl (C=O) groups excluding carboxylic acids is 1. The topological polar surface area (TPSA) is 32.3 Å². The Morgan fingerprint density at radius 2 is 1.69 bits per heavy atom. The van der Waals surface area contributed by atoms with Crippen LogP contribution in [0.5, 0.6) is 0 Å². The number of carbonyl (C=O) groups is 1. The van der Waals surface area contributed by atoms with Crippen LogP contribution in [0.3, 0.4) is 0 Å². The molecule has 3 heteroatoms. The Morgan fingerprint density at radius 3 is 2.42 bits per heavy atom. The summed E-state index contributed by atoms with van der Waals surface area (Å²) in [7, 11) is 4.09. The molecule has 3 aromatic rings. The van der Waals surface area contributed by atoms with E-state index >= 15 is 0 Å². The van der Waals surface area contributed by atoms with Gasteiger partial charge in [0, 0.05) is 12.1 Å². The summed E-state index contributed by atoms with van der Waals surface area (Å²) in [5.41, 5.74) is 4.71. The summed E-state index contributed by atoms with van der Waals surface area (Å²) in [4.78, 5) is 15.1. The van der Waals surface area contributed by atoms with Crippen molar-refractivity contribution in [2.45, 2.75) is 18.9 Å². The zero-order valence-electron chi connectivity index (χ0n) is 15.3. The summed E-state index contributed by atoms with van der Waals surface area (Å²) < 4.78 is 0. The summed E-state index contributed by atoms with van der Waals surface area (Å²) >= 11 is 0. The van der Waals surface area contributed by atoms with Crippen molar-refractivity contribution >= 4 is 16.7 Å². The zero-order chi connectivity index (χ0) is 18.1. The Balaban J connectivity index is 1.58. The van der Waals surface area contributed by atoms with Crippen LogP contribution in [0.4, 0.5) is 0 Å². The molecule has 4 rings (SSSR count). The summed E-state index contributed by atoms with van der Waals surface area (Å²) in [5, 5.41) is 5.51. The standard InChI is InChI=1S/C23H24N2O/c1-25(2)21(16-7-4-3-5-8-16)15-24-23(26)20-14-13-18-12-11-17-9-6-10-19(20)22(17)18/h3-10,13-14,21H,11-12,15H2,1-2H3,(H,24,26)/t21-/m1/s1. The molecule has 0 heterocycles. The second kappa shape index (κ2) is 6.93. The van der Waals surface area contributed by atoms with Crippen LogP contribution in [0.25, 0.3) is 10.8 Å². The molecular formula is C23H24N2O. The van der Waals surface area contributed by atoms with E-state index in [4.69, 9.17) is 0 Å². The molecule has 0 saturated heterocycles. The molecule has 0 bridgehead atoms. The minimum atomic E-state index is 0.00313. The van der Waals surface area contributed by atoms with Gasteiger partial charge >= 0.3 is 0 Å². The molecule has 3 aromatic carbocycles. The van der Waals surface area contributed by atoms with Gasteiger partial charge in [0.1, 0.15) is 0 Å². The normalized spacial score (nSPS) is 14.0. The molecule has 0 unspecified atom stereocenters. The van der Waals surface area contributed by atoms with E-state index in [1.807, 2.05) is 38.4 Å². The lowest BCUT2D eigenvalue weighted by atomic mass is 9.99. The number of nitrogens with zero attached hydrogens (tertiary/aromatic N) is 1. The number of rotatable bonds is 5. The highest BCUT2D eigenvalue weighted by Gasteiger charge is 2.20. The van der Waals surface area contributed by atoms with Crippen molar-refractivity contribution < 1.29 is 4.79 Å². The molecule has 1 amide bonds. The van der Waals surface area contributed by atoms with Crippen LogP contribution < -0.4 is 5.32 Å². The highest BCUT2D eigenvalue weighted by molar-refractivity contribution is 6.09. The molecule has 1 aliphatic rings. The molecule has 0 aromatic heterocycles. The van der Waals surface area contributed by atoms with E-state index in [0.717, 1.165) is 23.8 Å². The van der Waals surface area contributed by atoms with Gasteiger partial charge in [0.15, 0.2) is 0 Å². The minimum absolute atomic E-state index is 0.00313. The Kier molecular flexibility index (Phi) is 4.48. The first-order valence-electron chi connectivity index (χ1n) is 9.18. The molecule has 3 nitrogen and oxygen atoms in total. The first kappa shape index (κ1) is 16.8. The van der Waals surface area contributed by atoms with E-state index in [2.05, 4.69) is 46.6 Å². The van der Waals surface area contributed by atoms with Crippen molar-refractivity contribution in [3.05, 3.63) is 82.9 Å².